The lowest BCUT2D eigenvalue weighted by Crippen LogP contribution is -2.28. The maximum Gasteiger partial charge on any atom is 0.305 e. The number of benzene rings is 1. The van der Waals surface area contributed by atoms with Crippen LogP contribution in [0.15, 0.2) is 12.1 Å². The Labute approximate surface area is 127 Å². The van der Waals surface area contributed by atoms with Crippen molar-refractivity contribution in [1.29, 1.82) is 0 Å². The summed E-state index contributed by atoms with van der Waals surface area (Å²) in [6, 6.07) is 2.59. The number of ether oxygens (including phenoxy) is 2. The third-order valence-electron chi connectivity index (χ3n) is 2.98. The van der Waals surface area contributed by atoms with Gasteiger partial charge in [0.15, 0.2) is 11.5 Å². The number of carboxylic acid groups (broad SMARTS) is 1. The molecule has 0 fully saturated rings. The Morgan fingerprint density at radius 3 is 2.76 bits per heavy atom. The fourth-order valence-corrected chi connectivity index (χ4v) is 2.40. The summed E-state index contributed by atoms with van der Waals surface area (Å²) < 4.78 is 11.1. The third-order valence-corrected chi connectivity index (χ3v) is 3.26. The molecule has 0 unspecified atom stereocenters. The highest BCUT2D eigenvalue weighted by molar-refractivity contribution is 6.32. The van der Waals surface area contributed by atoms with Crippen molar-refractivity contribution in [2.45, 2.75) is 25.8 Å². The fourth-order valence-electron chi connectivity index (χ4n) is 2.12. The number of amides is 1. The molecule has 6 nitrogen and oxygen atoms in total. The molecule has 2 N–H and O–H groups in total. The first-order chi connectivity index (χ1) is 9.97. The molecule has 0 spiro atoms. The SMILES string of the molecule is CC(=O)N[C@H](CC(=O)O)c1cc(Cl)c2c(c1)OCCCO2. The normalized spacial score (nSPS) is 15.0. The molecule has 0 bridgehead atoms. The first-order valence-electron chi connectivity index (χ1n) is 6.55. The van der Waals surface area contributed by atoms with Gasteiger partial charge in [-0.1, -0.05) is 11.6 Å². The van der Waals surface area contributed by atoms with Crippen molar-refractivity contribution in [3.63, 3.8) is 0 Å². The summed E-state index contributed by atoms with van der Waals surface area (Å²) in [6.45, 7) is 2.34. The predicted molar refractivity (Wildman–Crippen MR) is 75.9 cm³/mol. The van der Waals surface area contributed by atoms with E-state index in [1.807, 2.05) is 0 Å². The Bertz CT molecular complexity index is 545. The van der Waals surface area contributed by atoms with Crippen LogP contribution in [0.4, 0.5) is 0 Å². The van der Waals surface area contributed by atoms with Crippen molar-refractivity contribution >= 4 is 23.5 Å². The number of aliphatic carboxylic acids is 1. The quantitative estimate of drug-likeness (QED) is 0.889. The average Bonchev–Trinajstić information content (AvgIpc) is 2.62. The minimum atomic E-state index is -1.02. The van der Waals surface area contributed by atoms with Crippen molar-refractivity contribution < 1.29 is 24.2 Å². The molecule has 2 rings (SSSR count). The van der Waals surface area contributed by atoms with Gasteiger partial charge in [0.25, 0.3) is 0 Å². The summed E-state index contributed by atoms with van der Waals surface area (Å²) in [5, 5.41) is 11.9. The lowest BCUT2D eigenvalue weighted by Gasteiger charge is -2.19. The van der Waals surface area contributed by atoms with Gasteiger partial charge in [0.05, 0.1) is 30.7 Å². The van der Waals surface area contributed by atoms with Gasteiger partial charge in [0.2, 0.25) is 5.91 Å². The second-order valence-electron chi connectivity index (χ2n) is 4.73. The van der Waals surface area contributed by atoms with Crippen LogP contribution < -0.4 is 14.8 Å². The van der Waals surface area contributed by atoms with Crippen molar-refractivity contribution in [1.82, 2.24) is 5.32 Å². The molecule has 1 aliphatic heterocycles. The largest absolute Gasteiger partial charge is 0.489 e. The van der Waals surface area contributed by atoms with Crippen LogP contribution in [-0.2, 0) is 9.59 Å². The van der Waals surface area contributed by atoms with E-state index >= 15 is 0 Å². The van der Waals surface area contributed by atoms with Crippen molar-refractivity contribution in [3.8, 4) is 11.5 Å². The van der Waals surface area contributed by atoms with Crippen molar-refractivity contribution in [2.24, 2.45) is 0 Å². The van der Waals surface area contributed by atoms with E-state index in [1.165, 1.54) is 6.92 Å². The zero-order chi connectivity index (χ0) is 15.4. The van der Waals surface area contributed by atoms with Crippen LogP contribution in [-0.4, -0.2) is 30.2 Å². The van der Waals surface area contributed by atoms with Crippen LogP contribution in [0.2, 0.25) is 5.02 Å². The smallest absolute Gasteiger partial charge is 0.305 e. The van der Waals surface area contributed by atoms with Crippen molar-refractivity contribution in [2.75, 3.05) is 13.2 Å². The van der Waals surface area contributed by atoms with Gasteiger partial charge in [-0.2, -0.15) is 0 Å². The Hall–Kier alpha value is -1.95. The molecular weight excluding hydrogens is 298 g/mol. The van der Waals surface area contributed by atoms with Crippen LogP contribution in [0.3, 0.4) is 0 Å². The monoisotopic (exact) mass is 313 g/mol. The zero-order valence-corrected chi connectivity index (χ0v) is 12.3. The molecule has 1 heterocycles. The predicted octanol–water partition coefficient (Wildman–Crippen LogP) is 2.15. The van der Waals surface area contributed by atoms with Gasteiger partial charge in [-0.15, -0.1) is 0 Å². The second kappa shape index (κ2) is 6.67. The Kier molecular flexibility index (Phi) is 4.90. The molecular formula is C14H16ClNO5. The summed E-state index contributed by atoms with van der Waals surface area (Å²) in [4.78, 5) is 22.2. The average molecular weight is 314 g/mol. The van der Waals surface area contributed by atoms with Crippen LogP contribution in [0, 0.1) is 0 Å². The summed E-state index contributed by atoms with van der Waals surface area (Å²) in [5.74, 6) is -0.410. The van der Waals surface area contributed by atoms with E-state index in [4.69, 9.17) is 26.2 Å². The molecule has 0 saturated heterocycles. The molecule has 114 valence electrons. The minimum absolute atomic E-state index is 0.241. The number of fused-ring (bicyclic) bond motifs is 1. The van der Waals surface area contributed by atoms with E-state index in [0.29, 0.717) is 35.3 Å². The fraction of sp³-hybridized carbons (Fsp3) is 0.429. The number of halogens is 1. The zero-order valence-electron chi connectivity index (χ0n) is 11.5. The molecule has 0 aromatic heterocycles. The first-order valence-corrected chi connectivity index (χ1v) is 6.93. The second-order valence-corrected chi connectivity index (χ2v) is 5.14. The lowest BCUT2D eigenvalue weighted by atomic mass is 10.0. The van der Waals surface area contributed by atoms with E-state index in [9.17, 15) is 9.59 Å². The number of rotatable bonds is 4. The summed E-state index contributed by atoms with van der Waals surface area (Å²) >= 11 is 6.17. The van der Waals surface area contributed by atoms with Gasteiger partial charge in [0.1, 0.15) is 0 Å². The molecule has 0 saturated carbocycles. The maximum absolute atomic E-state index is 11.2. The molecule has 0 aliphatic carbocycles. The molecule has 1 aliphatic rings. The van der Waals surface area contributed by atoms with Gasteiger partial charge in [-0.05, 0) is 17.7 Å². The number of carbonyl (C=O) groups excluding carboxylic acids is 1. The molecule has 21 heavy (non-hydrogen) atoms. The van der Waals surface area contributed by atoms with Gasteiger partial charge >= 0.3 is 5.97 Å². The van der Waals surface area contributed by atoms with Crippen molar-refractivity contribution in [3.05, 3.63) is 22.7 Å². The lowest BCUT2D eigenvalue weighted by molar-refractivity contribution is -0.137. The maximum atomic E-state index is 11.2. The van der Waals surface area contributed by atoms with E-state index in [0.717, 1.165) is 6.42 Å². The van der Waals surface area contributed by atoms with Gasteiger partial charge in [0, 0.05) is 13.3 Å². The van der Waals surface area contributed by atoms with E-state index in [1.54, 1.807) is 12.1 Å². The van der Waals surface area contributed by atoms with Crippen LogP contribution in [0.5, 0.6) is 11.5 Å². The molecule has 0 radical (unpaired) electrons. The van der Waals surface area contributed by atoms with Gasteiger partial charge < -0.3 is 19.9 Å². The number of carbonyl (C=O) groups is 2. The van der Waals surface area contributed by atoms with Crippen LogP contribution in [0.25, 0.3) is 0 Å². The van der Waals surface area contributed by atoms with Gasteiger partial charge in [-0.3, -0.25) is 9.59 Å². The summed E-state index contributed by atoms with van der Waals surface area (Å²) in [6.07, 6.45) is 0.500. The Balaban J connectivity index is 2.36. The number of carboxylic acids is 1. The van der Waals surface area contributed by atoms with E-state index < -0.39 is 12.0 Å². The highest BCUT2D eigenvalue weighted by Crippen LogP contribution is 2.39. The highest BCUT2D eigenvalue weighted by atomic mass is 35.5. The Morgan fingerprint density at radius 2 is 2.10 bits per heavy atom. The molecule has 7 heteroatoms. The first kappa shape index (κ1) is 15.4. The van der Waals surface area contributed by atoms with Gasteiger partial charge in [-0.25, -0.2) is 0 Å². The molecule has 1 atom stereocenters. The van der Waals surface area contributed by atoms with E-state index in [2.05, 4.69) is 5.32 Å². The topological polar surface area (TPSA) is 84.9 Å². The standard InChI is InChI=1S/C14H16ClNO5/c1-8(17)16-11(7-13(18)19)9-5-10(15)14-12(6-9)20-3-2-4-21-14/h5-6,11H,2-4,7H2,1H3,(H,16,17)(H,18,19)/t11-/m1/s1. The van der Waals surface area contributed by atoms with E-state index in [-0.39, 0.29) is 12.3 Å². The number of nitrogens with one attached hydrogen (secondary N) is 1. The molecule has 1 aromatic rings. The minimum Gasteiger partial charge on any atom is -0.489 e. The Morgan fingerprint density at radius 1 is 1.38 bits per heavy atom. The summed E-state index contributed by atoms with van der Waals surface area (Å²) in [7, 11) is 0. The van der Waals surface area contributed by atoms with Crippen LogP contribution >= 0.6 is 11.6 Å². The van der Waals surface area contributed by atoms with Crippen LogP contribution in [0.1, 0.15) is 31.4 Å². The highest BCUT2D eigenvalue weighted by Gasteiger charge is 2.22. The number of hydrogen-bond donors (Lipinski definition) is 2. The third kappa shape index (κ3) is 4.01. The number of hydrogen-bond acceptors (Lipinski definition) is 4. The summed E-state index contributed by atoms with van der Waals surface area (Å²) in [5.41, 5.74) is 0.571. The molecule has 1 aromatic carbocycles. The molecule has 1 amide bonds.